The number of carbonyl (C=O) groups is 1. The van der Waals surface area contributed by atoms with Gasteiger partial charge in [0.05, 0.1) is 17.1 Å². The molecule has 3 heterocycles. The number of hydrogen-bond donors (Lipinski definition) is 1. The number of aromatic nitrogens is 2. The summed E-state index contributed by atoms with van der Waals surface area (Å²) in [6, 6.07) is 14.5. The summed E-state index contributed by atoms with van der Waals surface area (Å²) in [5.41, 5.74) is 4.40. The molecule has 0 unspecified atom stereocenters. The number of ether oxygens (including phenoxy) is 1. The van der Waals surface area contributed by atoms with E-state index < -0.39 is 10.0 Å². The highest BCUT2D eigenvalue weighted by Crippen LogP contribution is 2.48. The number of nitrogens with one attached hydrogen (secondary N) is 1. The van der Waals surface area contributed by atoms with E-state index in [2.05, 4.69) is 19.6 Å². The smallest absolute Gasteiger partial charge is 0.264 e. The van der Waals surface area contributed by atoms with Crippen molar-refractivity contribution in [2.24, 2.45) is 5.41 Å². The third-order valence-corrected chi connectivity index (χ3v) is 11.9. The summed E-state index contributed by atoms with van der Waals surface area (Å²) < 4.78 is 36.2. The van der Waals surface area contributed by atoms with Gasteiger partial charge in [0.1, 0.15) is 6.10 Å². The van der Waals surface area contributed by atoms with E-state index >= 15 is 0 Å². The van der Waals surface area contributed by atoms with Crippen molar-refractivity contribution in [3.8, 4) is 17.1 Å². The van der Waals surface area contributed by atoms with Crippen LogP contribution in [0.5, 0.6) is 5.88 Å². The molecule has 2 aromatic carbocycles. The second-order valence-corrected chi connectivity index (χ2v) is 15.3. The topological polar surface area (TPSA) is 105 Å². The number of nitrogens with zero attached hydrogens (tertiary/aromatic N) is 4. The summed E-state index contributed by atoms with van der Waals surface area (Å²) in [5, 5.41) is 0. The van der Waals surface area contributed by atoms with Gasteiger partial charge in [-0.3, -0.25) is 9.69 Å². The van der Waals surface area contributed by atoms with Crippen LogP contribution < -0.4 is 9.46 Å². The molecular formula is C35H43N5O4S. The van der Waals surface area contributed by atoms with Gasteiger partial charge in [0.25, 0.3) is 15.9 Å². The van der Waals surface area contributed by atoms with Crippen LogP contribution in [0, 0.1) is 19.3 Å². The van der Waals surface area contributed by atoms with E-state index in [0.29, 0.717) is 42.3 Å². The first-order valence-corrected chi connectivity index (χ1v) is 17.9. The lowest BCUT2D eigenvalue weighted by Crippen LogP contribution is -2.46. The zero-order chi connectivity index (χ0) is 31.2. The van der Waals surface area contributed by atoms with Crippen molar-refractivity contribution in [2.45, 2.75) is 88.7 Å². The SMILES string of the molecule is Cc1cccc(C)c1-c1cc2nc(n1)NS(=O)(=O)c1cccc(c1)C(=O)N1CCN(C3CCC4(CCCCC4)CC3)C[C@H](C1)O2. The predicted molar refractivity (Wildman–Crippen MR) is 174 cm³/mol. The average molecular weight is 630 g/mol. The standard InChI is InChI=1S/C35H43N5O4S/c1-24-8-6-9-25(2)32(24)30-21-31-37-34(36-30)38-45(42,43)29-11-7-10-26(20-29)33(41)40-19-18-39(22-28(23-40)44-31)27-12-16-35(17-13-27)14-4-3-5-15-35/h6-11,20-21,27-28H,3-5,12-19,22-23H2,1-2H3,(H,36,37,38)/t28-/m1/s1. The summed E-state index contributed by atoms with van der Waals surface area (Å²) in [5.74, 6) is 0.0319. The van der Waals surface area contributed by atoms with Crippen LogP contribution in [0.2, 0.25) is 0 Å². The number of sulfonamides is 1. The first kappa shape index (κ1) is 30.2. The van der Waals surface area contributed by atoms with Crippen LogP contribution in [-0.4, -0.2) is 72.4 Å². The van der Waals surface area contributed by atoms with Gasteiger partial charge in [0, 0.05) is 42.9 Å². The van der Waals surface area contributed by atoms with Crippen molar-refractivity contribution in [2.75, 3.05) is 30.9 Å². The number of anilines is 1. The first-order chi connectivity index (χ1) is 21.7. The zero-order valence-electron chi connectivity index (χ0n) is 26.3. The minimum absolute atomic E-state index is 0.0111. The van der Waals surface area contributed by atoms with E-state index in [1.807, 2.05) is 36.9 Å². The van der Waals surface area contributed by atoms with Crippen LogP contribution in [0.3, 0.4) is 0 Å². The van der Waals surface area contributed by atoms with Gasteiger partial charge in [-0.05, 0) is 87.1 Å². The number of benzene rings is 2. The number of hydrogen-bond acceptors (Lipinski definition) is 7. The maximum atomic E-state index is 13.9. The molecule has 6 bridgehead atoms. The molecule has 238 valence electrons. The Morgan fingerprint density at radius 2 is 1.62 bits per heavy atom. The number of carbonyl (C=O) groups excluding carboxylic acids is 1. The highest BCUT2D eigenvalue weighted by Gasteiger charge is 2.39. The Kier molecular flexibility index (Phi) is 8.06. The van der Waals surface area contributed by atoms with Gasteiger partial charge in [-0.2, -0.15) is 4.98 Å². The van der Waals surface area contributed by atoms with Gasteiger partial charge in [0.2, 0.25) is 11.8 Å². The highest BCUT2D eigenvalue weighted by molar-refractivity contribution is 7.92. The maximum absolute atomic E-state index is 13.9. The van der Waals surface area contributed by atoms with Gasteiger partial charge in [0.15, 0.2) is 0 Å². The molecule has 9 nitrogen and oxygen atoms in total. The van der Waals surface area contributed by atoms with Crippen LogP contribution in [-0.2, 0) is 10.0 Å². The Morgan fingerprint density at radius 1 is 0.889 bits per heavy atom. The fourth-order valence-corrected chi connectivity index (χ4v) is 9.16. The molecule has 1 saturated heterocycles. The average Bonchev–Trinajstić information content (AvgIpc) is 3.23. The monoisotopic (exact) mass is 629 g/mol. The lowest BCUT2D eigenvalue weighted by molar-refractivity contribution is 0.0466. The zero-order valence-corrected chi connectivity index (χ0v) is 27.1. The van der Waals surface area contributed by atoms with Gasteiger partial charge < -0.3 is 9.64 Å². The molecule has 45 heavy (non-hydrogen) atoms. The summed E-state index contributed by atoms with van der Waals surface area (Å²) in [4.78, 5) is 27.4. The van der Waals surface area contributed by atoms with E-state index in [9.17, 15) is 13.2 Å². The first-order valence-electron chi connectivity index (χ1n) is 16.5. The van der Waals surface area contributed by atoms with Crippen LogP contribution in [0.1, 0.15) is 79.3 Å². The third-order valence-electron chi connectivity index (χ3n) is 10.6. The molecule has 1 atom stereocenters. The van der Waals surface area contributed by atoms with Crippen LogP contribution in [0.4, 0.5) is 5.95 Å². The van der Waals surface area contributed by atoms with Gasteiger partial charge in [-0.15, -0.1) is 0 Å². The Bertz CT molecular complexity index is 1670. The summed E-state index contributed by atoms with van der Waals surface area (Å²) in [6.07, 6.45) is 11.4. The molecule has 10 heteroatoms. The fourth-order valence-electron chi connectivity index (χ4n) is 8.18. The number of fused-ring (bicyclic) bond motifs is 6. The molecule has 1 aromatic heterocycles. The second-order valence-electron chi connectivity index (χ2n) is 13.6. The summed E-state index contributed by atoms with van der Waals surface area (Å²) >= 11 is 0. The van der Waals surface area contributed by atoms with E-state index in [1.165, 1.54) is 69.9 Å². The van der Waals surface area contributed by atoms with Crippen molar-refractivity contribution in [1.82, 2.24) is 19.8 Å². The summed E-state index contributed by atoms with van der Waals surface area (Å²) in [7, 11) is -4.08. The van der Waals surface area contributed by atoms with E-state index in [0.717, 1.165) is 23.2 Å². The molecule has 1 amide bonds. The third kappa shape index (κ3) is 6.19. The molecule has 0 radical (unpaired) electrons. The van der Waals surface area contributed by atoms with Crippen LogP contribution in [0.25, 0.3) is 11.3 Å². The normalized spacial score (nSPS) is 23.6. The van der Waals surface area contributed by atoms with E-state index in [-0.39, 0.29) is 28.7 Å². The molecular weight excluding hydrogens is 586 g/mol. The van der Waals surface area contributed by atoms with Crippen LogP contribution >= 0.6 is 0 Å². The molecule has 2 aliphatic heterocycles. The molecule has 4 aliphatic rings. The Balaban J connectivity index is 1.26. The second kappa shape index (κ2) is 12.0. The maximum Gasteiger partial charge on any atom is 0.264 e. The van der Waals surface area contributed by atoms with Crippen molar-refractivity contribution in [3.05, 3.63) is 65.2 Å². The van der Waals surface area contributed by atoms with Crippen molar-refractivity contribution < 1.29 is 17.9 Å². The minimum Gasteiger partial charge on any atom is -0.471 e. The largest absolute Gasteiger partial charge is 0.471 e. The van der Waals surface area contributed by atoms with Crippen molar-refractivity contribution in [3.63, 3.8) is 0 Å². The lowest BCUT2D eigenvalue weighted by Gasteiger charge is -2.45. The van der Waals surface area contributed by atoms with Gasteiger partial charge in [-0.25, -0.2) is 18.1 Å². The Morgan fingerprint density at radius 3 is 2.38 bits per heavy atom. The minimum atomic E-state index is -4.08. The van der Waals surface area contributed by atoms with Gasteiger partial charge >= 0.3 is 0 Å². The Labute approximate surface area is 266 Å². The van der Waals surface area contributed by atoms with Gasteiger partial charge in [-0.1, -0.05) is 43.5 Å². The fraction of sp³-hybridized carbons (Fsp3) is 0.514. The lowest BCUT2D eigenvalue weighted by atomic mass is 9.64. The highest BCUT2D eigenvalue weighted by atomic mass is 32.2. The predicted octanol–water partition coefficient (Wildman–Crippen LogP) is 5.97. The van der Waals surface area contributed by atoms with E-state index in [4.69, 9.17) is 4.74 Å². The molecule has 1 spiro atoms. The molecule has 1 N–H and O–H groups in total. The van der Waals surface area contributed by atoms with Crippen molar-refractivity contribution in [1.29, 1.82) is 0 Å². The quantitative estimate of drug-likeness (QED) is 0.372. The molecule has 3 fully saturated rings. The molecule has 2 aliphatic carbocycles. The molecule has 3 aromatic rings. The van der Waals surface area contributed by atoms with Crippen LogP contribution in [0.15, 0.2) is 53.4 Å². The van der Waals surface area contributed by atoms with Crippen molar-refractivity contribution >= 4 is 21.9 Å². The number of aryl methyl sites for hydroxylation is 2. The number of amides is 1. The Hall–Kier alpha value is -3.50. The molecule has 7 rings (SSSR count). The molecule has 2 saturated carbocycles. The van der Waals surface area contributed by atoms with E-state index in [1.54, 1.807) is 18.2 Å². The summed E-state index contributed by atoms with van der Waals surface area (Å²) in [6.45, 7) is 6.39. The number of rotatable bonds is 2.